The van der Waals surface area contributed by atoms with Crippen LogP contribution in [0.3, 0.4) is 0 Å². The summed E-state index contributed by atoms with van der Waals surface area (Å²) in [7, 11) is 3.30. The topological polar surface area (TPSA) is 18.5 Å². The molecule has 0 aromatic rings. The van der Waals surface area contributed by atoms with E-state index in [2.05, 4.69) is 0 Å². The molecule has 0 rings (SSSR count). The third kappa shape index (κ3) is 3.50. The molecule has 0 N–H and O–H groups in total. The van der Waals surface area contributed by atoms with E-state index >= 15 is 0 Å². The van der Waals surface area contributed by atoms with Crippen LogP contribution in [0.4, 0.5) is 0 Å². The molecule has 0 heterocycles. The van der Waals surface area contributed by atoms with Gasteiger partial charge in [0.2, 0.25) is 0 Å². The fourth-order valence-electron chi connectivity index (χ4n) is 0.0833. The van der Waals surface area contributed by atoms with Crippen molar-refractivity contribution in [2.45, 2.75) is 9.96 Å². The first-order chi connectivity index (χ1) is 3.12. The van der Waals surface area contributed by atoms with Gasteiger partial charge in [-0.25, -0.2) is 0 Å². The van der Waals surface area contributed by atoms with E-state index in [9.17, 15) is 0 Å². The zero-order chi connectivity index (χ0) is 5.91. The first-order valence-corrected chi connectivity index (χ1v) is 3.22. The van der Waals surface area contributed by atoms with Crippen LogP contribution >= 0.6 is 0 Å². The van der Waals surface area contributed by atoms with Crippen molar-refractivity contribution in [3.8, 4) is 0 Å². The van der Waals surface area contributed by atoms with E-state index in [0.717, 1.165) is 27.9 Å². The maximum atomic E-state index is 4.93. The average molecular weight is 112 g/mol. The van der Waals surface area contributed by atoms with Crippen LogP contribution in [0, 0.1) is 0 Å². The summed E-state index contributed by atoms with van der Waals surface area (Å²) in [6.07, 6.45) is 0. The number of hydrogen-bond donors (Lipinski definition) is 0. The Morgan fingerprint density at radius 2 is 1.57 bits per heavy atom. The number of ether oxygens (including phenoxy) is 2. The standard InChI is InChI=1S/C4H9O2.Na/c1-4(5-2)6-3;/h1-3H3;. The molecule has 0 spiro atoms. The molecule has 2 nitrogen and oxygen atoms in total. The van der Waals surface area contributed by atoms with Crippen molar-refractivity contribution < 1.29 is 9.47 Å². The van der Waals surface area contributed by atoms with Crippen LogP contribution in [0.15, 0.2) is 0 Å². The van der Waals surface area contributed by atoms with Crippen LogP contribution in [0.2, 0.25) is 0 Å². The summed E-state index contributed by atoms with van der Waals surface area (Å²) >= 11 is 0.905. The molecule has 0 aromatic carbocycles. The number of rotatable bonds is 2. The van der Waals surface area contributed by atoms with Crippen LogP contribution in [0.5, 0.6) is 0 Å². The second-order valence-corrected chi connectivity index (χ2v) is 3.62. The number of hydrogen-bond acceptors (Lipinski definition) is 2. The Morgan fingerprint density at radius 3 is 1.57 bits per heavy atom. The van der Waals surface area contributed by atoms with Crippen LogP contribution in [0.25, 0.3) is 0 Å². The van der Waals surface area contributed by atoms with Gasteiger partial charge < -0.3 is 0 Å². The van der Waals surface area contributed by atoms with E-state index in [-0.39, 0.29) is 3.04 Å². The van der Waals surface area contributed by atoms with Crippen molar-refractivity contribution in [3.05, 3.63) is 0 Å². The molecule has 0 aliphatic rings. The molecule has 0 amide bonds. The van der Waals surface area contributed by atoms with Gasteiger partial charge in [0, 0.05) is 0 Å². The van der Waals surface area contributed by atoms with Crippen molar-refractivity contribution >= 4 is 27.9 Å². The summed E-state index contributed by atoms with van der Waals surface area (Å²) in [5.74, 6) is 0. The summed E-state index contributed by atoms with van der Waals surface area (Å²) in [6.45, 7) is 1.92. The molecule has 0 saturated heterocycles. The predicted molar refractivity (Wildman–Crippen MR) is 28.2 cm³/mol. The quantitative estimate of drug-likeness (QED) is 0.373. The summed E-state index contributed by atoms with van der Waals surface area (Å²) in [5, 5.41) is 0. The van der Waals surface area contributed by atoms with Crippen LogP contribution in [-0.4, -0.2) is 45.2 Å². The minimum absolute atomic E-state index is 0.278. The van der Waals surface area contributed by atoms with Gasteiger partial charge in [0.15, 0.2) is 0 Å². The Kier molecular flexibility index (Phi) is 3.45. The SMILES string of the molecule is CO[C](C)([Na])OC. The van der Waals surface area contributed by atoms with Gasteiger partial charge in [0.25, 0.3) is 0 Å². The molecule has 0 fully saturated rings. The molecule has 0 aromatic heterocycles. The second kappa shape index (κ2) is 3.05. The van der Waals surface area contributed by atoms with Crippen LogP contribution in [-0.2, 0) is 9.47 Å². The van der Waals surface area contributed by atoms with Gasteiger partial charge in [-0.3, -0.25) is 0 Å². The van der Waals surface area contributed by atoms with Crippen molar-refractivity contribution in [2.75, 3.05) is 14.2 Å². The average Bonchev–Trinajstić information content (AvgIpc) is 1.68. The Bertz CT molecular complexity index is 47.7. The van der Waals surface area contributed by atoms with E-state index in [1.54, 1.807) is 14.2 Å². The van der Waals surface area contributed by atoms with E-state index in [4.69, 9.17) is 9.47 Å². The molecule has 0 atom stereocenters. The molecular weight excluding hydrogens is 103 g/mol. The van der Waals surface area contributed by atoms with Gasteiger partial charge in [0.05, 0.1) is 0 Å². The van der Waals surface area contributed by atoms with E-state index in [1.807, 2.05) is 6.92 Å². The van der Waals surface area contributed by atoms with E-state index in [0.29, 0.717) is 0 Å². The molecule has 0 radical (unpaired) electrons. The minimum atomic E-state index is -0.278. The number of methoxy groups -OCH3 is 2. The van der Waals surface area contributed by atoms with Crippen molar-refractivity contribution in [1.82, 2.24) is 0 Å². The van der Waals surface area contributed by atoms with Crippen molar-refractivity contribution in [3.63, 3.8) is 0 Å². The van der Waals surface area contributed by atoms with E-state index in [1.165, 1.54) is 0 Å². The fraction of sp³-hybridized carbons (Fsp3) is 1.00. The van der Waals surface area contributed by atoms with Gasteiger partial charge in [0.1, 0.15) is 0 Å². The van der Waals surface area contributed by atoms with Crippen LogP contribution < -0.4 is 0 Å². The first-order valence-electron chi connectivity index (χ1n) is 2.22. The Hall–Kier alpha value is 0.920. The van der Waals surface area contributed by atoms with Gasteiger partial charge in [-0.2, -0.15) is 0 Å². The Labute approximate surface area is 61.6 Å². The molecule has 0 aliphatic carbocycles. The van der Waals surface area contributed by atoms with Crippen molar-refractivity contribution in [1.29, 1.82) is 0 Å². The molecule has 0 saturated carbocycles. The zero-order valence-corrected chi connectivity index (χ0v) is 7.32. The summed E-state index contributed by atoms with van der Waals surface area (Å²) < 4.78 is 9.57. The maximum absolute atomic E-state index is 4.93. The predicted octanol–water partition coefficient (Wildman–Crippen LogP) is 0.121. The molecule has 38 valence electrons. The second-order valence-electron chi connectivity index (χ2n) is 1.81. The monoisotopic (exact) mass is 112 g/mol. The van der Waals surface area contributed by atoms with Crippen LogP contribution in [0.1, 0.15) is 6.92 Å². The Morgan fingerprint density at radius 1 is 1.29 bits per heavy atom. The van der Waals surface area contributed by atoms with E-state index < -0.39 is 0 Å². The Balaban J connectivity index is 3.36. The summed E-state index contributed by atoms with van der Waals surface area (Å²) in [5.41, 5.74) is 0. The zero-order valence-electron chi connectivity index (χ0n) is 5.32. The molecule has 0 bridgehead atoms. The summed E-state index contributed by atoms with van der Waals surface area (Å²) in [6, 6.07) is 0. The van der Waals surface area contributed by atoms with Crippen molar-refractivity contribution in [2.24, 2.45) is 0 Å². The third-order valence-electron chi connectivity index (χ3n) is 0.983. The van der Waals surface area contributed by atoms with Gasteiger partial charge in [-0.1, -0.05) is 0 Å². The summed E-state index contributed by atoms with van der Waals surface area (Å²) in [4.78, 5) is 0. The first kappa shape index (κ1) is 7.92. The molecule has 0 unspecified atom stereocenters. The molecule has 0 aliphatic heterocycles. The molecule has 7 heavy (non-hydrogen) atoms. The molecular formula is C4H9NaO2. The normalized spacial score (nSPS) is 12.1. The van der Waals surface area contributed by atoms with Gasteiger partial charge in [-0.15, -0.1) is 0 Å². The molecule has 3 heteroatoms. The third-order valence-corrected chi connectivity index (χ3v) is 1.80. The van der Waals surface area contributed by atoms with Gasteiger partial charge >= 0.3 is 61.6 Å². The van der Waals surface area contributed by atoms with Gasteiger partial charge in [-0.05, 0) is 0 Å². The fourth-order valence-corrected chi connectivity index (χ4v) is 0.0833.